The molecule has 1 rings (SSSR count). The Hall–Kier alpha value is -0.190. The van der Waals surface area contributed by atoms with E-state index in [1.165, 1.54) is 31.2 Å². The van der Waals surface area contributed by atoms with Gasteiger partial charge in [0.2, 0.25) is 12.1 Å². The second-order valence-corrected chi connectivity index (χ2v) is 4.60. The molecule has 0 heterocycles. The molecule has 0 spiro atoms. The summed E-state index contributed by atoms with van der Waals surface area (Å²) < 4.78 is 0. The number of carbonyl (C=O) groups excluding carboxylic acids is 1. The van der Waals surface area contributed by atoms with E-state index in [2.05, 4.69) is 6.92 Å². The van der Waals surface area contributed by atoms with Crippen LogP contribution in [0, 0.1) is 0 Å². The van der Waals surface area contributed by atoms with Crippen molar-refractivity contribution in [3.8, 4) is 0 Å². The first kappa shape index (κ1) is 18.8. The van der Waals surface area contributed by atoms with Crippen LogP contribution in [0.4, 0.5) is 0 Å². The molecule has 0 saturated heterocycles. The fourth-order valence-electron chi connectivity index (χ4n) is 1.92. The molecule has 102 valence electrons. The van der Waals surface area contributed by atoms with Crippen molar-refractivity contribution in [2.75, 3.05) is 0 Å². The quantitative estimate of drug-likeness (QED) is 0.330. The normalized spacial score (nSPS) is 10.3. The number of unbranched alkanes of at least 4 members (excludes halogenated alkanes) is 4. The fourth-order valence-corrected chi connectivity index (χ4v) is 1.92. The minimum atomic E-state index is -1.91. The van der Waals surface area contributed by atoms with E-state index in [0.29, 0.717) is 5.56 Å². The van der Waals surface area contributed by atoms with Crippen LogP contribution in [0.25, 0.3) is 0 Å². The van der Waals surface area contributed by atoms with Crippen LogP contribution in [0.3, 0.4) is 0 Å². The number of benzene rings is 1. The fraction of sp³-hybridized carbons (Fsp3) is 0.533. The van der Waals surface area contributed by atoms with Gasteiger partial charge < -0.3 is 10.2 Å². The van der Waals surface area contributed by atoms with Crippen molar-refractivity contribution in [1.82, 2.24) is 0 Å². The molecule has 0 aliphatic rings. The average Bonchev–Trinajstić information content (AvgIpc) is 2.38. The van der Waals surface area contributed by atoms with Gasteiger partial charge >= 0.3 is 29.6 Å². The molecule has 0 aromatic heterocycles. The maximum atomic E-state index is 11.3. The molecule has 0 amide bonds. The summed E-state index contributed by atoms with van der Waals surface area (Å²) in [5.41, 5.74) is 1.54. The number of rotatable bonds is 8. The van der Waals surface area contributed by atoms with E-state index < -0.39 is 12.1 Å². The Morgan fingerprint density at radius 2 is 1.63 bits per heavy atom. The van der Waals surface area contributed by atoms with E-state index in [-0.39, 0.29) is 29.6 Å². The van der Waals surface area contributed by atoms with Crippen LogP contribution in [0.1, 0.15) is 54.9 Å². The minimum absolute atomic E-state index is 0. The first-order valence-corrected chi connectivity index (χ1v) is 6.64. The van der Waals surface area contributed by atoms with Crippen molar-refractivity contribution in [2.24, 2.45) is 0 Å². The molecule has 0 unspecified atom stereocenters. The molecule has 0 radical (unpaired) electrons. The molecule has 0 fully saturated rings. The average molecular weight is 274 g/mol. The zero-order valence-electron chi connectivity index (χ0n) is 10.9. The number of ketones is 1. The van der Waals surface area contributed by atoms with E-state index in [4.69, 9.17) is 10.2 Å². The Balaban J connectivity index is 0.00000324. The van der Waals surface area contributed by atoms with Gasteiger partial charge in [0, 0.05) is 5.56 Å². The number of Topliss-reactive ketones (excluding diaryl/α,β-unsaturated/α-hetero) is 1. The monoisotopic (exact) mass is 274 g/mol. The Morgan fingerprint density at radius 1 is 1.05 bits per heavy atom. The second-order valence-electron chi connectivity index (χ2n) is 4.60. The number of hydrogen-bond acceptors (Lipinski definition) is 3. The van der Waals surface area contributed by atoms with Crippen LogP contribution in [-0.2, 0) is 6.42 Å². The van der Waals surface area contributed by atoms with Crippen molar-refractivity contribution in [1.29, 1.82) is 0 Å². The number of aryl methyl sites for hydroxylation is 1. The molecular formula is C15H23NaO3. The molecule has 0 aliphatic heterocycles. The van der Waals surface area contributed by atoms with Crippen LogP contribution < -0.4 is 0 Å². The first-order chi connectivity index (χ1) is 8.65. The third-order valence-electron chi connectivity index (χ3n) is 3.04. The van der Waals surface area contributed by atoms with Crippen molar-refractivity contribution >= 4 is 35.3 Å². The van der Waals surface area contributed by atoms with Crippen molar-refractivity contribution in [3.63, 3.8) is 0 Å². The van der Waals surface area contributed by atoms with Gasteiger partial charge in [-0.25, -0.2) is 0 Å². The Morgan fingerprint density at radius 3 is 2.16 bits per heavy atom. The van der Waals surface area contributed by atoms with Crippen LogP contribution in [0.2, 0.25) is 0 Å². The molecule has 1 aromatic carbocycles. The van der Waals surface area contributed by atoms with Gasteiger partial charge in [0.05, 0.1) is 0 Å². The van der Waals surface area contributed by atoms with Gasteiger partial charge in [0.15, 0.2) is 0 Å². The number of aliphatic hydroxyl groups is 2. The van der Waals surface area contributed by atoms with Gasteiger partial charge in [-0.1, -0.05) is 56.9 Å². The van der Waals surface area contributed by atoms with Crippen molar-refractivity contribution in [3.05, 3.63) is 35.4 Å². The van der Waals surface area contributed by atoms with E-state index in [9.17, 15) is 4.79 Å². The van der Waals surface area contributed by atoms with Crippen LogP contribution in [0.15, 0.2) is 24.3 Å². The molecule has 1 aromatic rings. The Bertz CT molecular complexity index is 360. The molecule has 0 aliphatic carbocycles. The number of carbonyl (C=O) groups is 1. The predicted octanol–water partition coefficient (Wildman–Crippen LogP) is 2.04. The SMILES string of the molecule is CCCCCCCc1ccc(C(=O)C(O)O)cc1.[NaH]. The number of hydrogen-bond donors (Lipinski definition) is 2. The Kier molecular flexibility index (Phi) is 10.5. The molecule has 2 N–H and O–H groups in total. The summed E-state index contributed by atoms with van der Waals surface area (Å²) in [6, 6.07) is 7.08. The summed E-state index contributed by atoms with van der Waals surface area (Å²) in [6.07, 6.45) is 5.33. The van der Waals surface area contributed by atoms with Crippen molar-refractivity contribution < 1.29 is 15.0 Å². The van der Waals surface area contributed by atoms with Gasteiger partial charge in [-0.05, 0) is 18.4 Å². The summed E-state index contributed by atoms with van der Waals surface area (Å²) in [6.45, 7) is 2.20. The molecule has 19 heavy (non-hydrogen) atoms. The molecule has 0 bridgehead atoms. The van der Waals surface area contributed by atoms with Crippen molar-refractivity contribution in [2.45, 2.75) is 51.7 Å². The third kappa shape index (κ3) is 7.23. The summed E-state index contributed by atoms with van der Waals surface area (Å²) >= 11 is 0. The Labute approximate surface area is 137 Å². The maximum absolute atomic E-state index is 11.3. The zero-order valence-corrected chi connectivity index (χ0v) is 10.9. The standard InChI is InChI=1S/C15H22O3.Na.H/c1-2-3-4-5-6-7-12-8-10-13(11-9-12)14(16)15(17)18;;/h8-11,15,17-18H,2-7H2,1H3;;. The summed E-state index contributed by atoms with van der Waals surface area (Å²) in [5.74, 6) is -0.649. The van der Waals surface area contributed by atoms with Crippen LogP contribution in [0.5, 0.6) is 0 Å². The van der Waals surface area contributed by atoms with Crippen LogP contribution >= 0.6 is 0 Å². The molecule has 3 nitrogen and oxygen atoms in total. The molecule has 0 atom stereocenters. The van der Waals surface area contributed by atoms with Gasteiger partial charge in [0.1, 0.15) is 0 Å². The van der Waals surface area contributed by atoms with E-state index in [0.717, 1.165) is 12.8 Å². The van der Waals surface area contributed by atoms with E-state index >= 15 is 0 Å². The first-order valence-electron chi connectivity index (χ1n) is 6.64. The number of aliphatic hydroxyl groups excluding tert-OH is 1. The molecule has 0 saturated carbocycles. The zero-order chi connectivity index (χ0) is 13.4. The van der Waals surface area contributed by atoms with E-state index in [1.54, 1.807) is 12.1 Å². The van der Waals surface area contributed by atoms with Gasteiger partial charge in [0.25, 0.3) is 0 Å². The third-order valence-corrected chi connectivity index (χ3v) is 3.04. The topological polar surface area (TPSA) is 57.5 Å². The molecule has 4 heteroatoms. The molecular weight excluding hydrogens is 251 g/mol. The van der Waals surface area contributed by atoms with Gasteiger partial charge in [-0.2, -0.15) is 0 Å². The summed E-state index contributed by atoms with van der Waals surface area (Å²) in [4.78, 5) is 11.3. The second kappa shape index (κ2) is 10.6. The summed E-state index contributed by atoms with van der Waals surface area (Å²) in [7, 11) is 0. The van der Waals surface area contributed by atoms with Gasteiger partial charge in [-0.15, -0.1) is 0 Å². The van der Waals surface area contributed by atoms with Crippen LogP contribution in [-0.4, -0.2) is 51.8 Å². The predicted molar refractivity (Wildman–Crippen MR) is 78.6 cm³/mol. The summed E-state index contributed by atoms with van der Waals surface area (Å²) in [5, 5.41) is 17.5. The van der Waals surface area contributed by atoms with Gasteiger partial charge in [-0.3, -0.25) is 4.79 Å². The van der Waals surface area contributed by atoms with E-state index in [1.807, 2.05) is 12.1 Å².